The Morgan fingerprint density at radius 3 is 2.29 bits per heavy atom. The second-order valence-corrected chi connectivity index (χ2v) is 16.8. The van der Waals surface area contributed by atoms with E-state index in [1.54, 1.807) is 45.0 Å². The molecular weight excluding hydrogens is 746 g/mol. The first-order valence-corrected chi connectivity index (χ1v) is 20.3. The molecule has 0 radical (unpaired) electrons. The molecule has 2 saturated heterocycles. The Morgan fingerprint density at radius 1 is 0.862 bits per heavy atom. The Balaban J connectivity index is 1.09. The number of rotatable bonds is 6. The van der Waals surface area contributed by atoms with Gasteiger partial charge in [-0.1, -0.05) is 86.7 Å². The van der Waals surface area contributed by atoms with E-state index in [4.69, 9.17) is 14.3 Å². The van der Waals surface area contributed by atoms with E-state index in [1.165, 1.54) is 15.9 Å². The number of nitrogens with zero attached hydrogens (tertiary/aromatic N) is 2. The molecule has 7 rings (SSSR count). The van der Waals surface area contributed by atoms with Crippen molar-refractivity contribution in [3.8, 4) is 16.9 Å². The molecule has 3 aliphatic heterocycles. The fraction of sp³-hybridized carbons (Fsp3) is 0.477. The van der Waals surface area contributed by atoms with Crippen LogP contribution in [0.3, 0.4) is 0 Å². The zero-order valence-corrected chi connectivity index (χ0v) is 33.3. The van der Waals surface area contributed by atoms with Crippen molar-refractivity contribution < 1.29 is 42.7 Å². The van der Waals surface area contributed by atoms with Crippen molar-refractivity contribution in [2.24, 2.45) is 5.92 Å². The standard InChI is InChI=1S/C44H52FN5O8/c1-43(2,3)57-41(54)46-36-18-11-6-4-5-10-16-31-24-44(31,40(53)48-58-32-21-19-29(20-22-32)28-13-8-7-9-14-28)47-38(51)37-23-33(26-50(37)39(36)52)56-42(55)49-25-30-15-12-17-35(45)34(30)27-49/h7-9,12-15,17,19-22,31,33,36-37H,4-6,10-11,16,18,23-27H2,1-3H3,(H,46,54)(H,47,51)(H,48,53)/t31-,33-,36+,37+,44-/m1/s1. The number of hydrogen-bond acceptors (Lipinski definition) is 8. The van der Waals surface area contributed by atoms with E-state index >= 15 is 0 Å². The molecule has 3 aromatic carbocycles. The summed E-state index contributed by atoms with van der Waals surface area (Å²) >= 11 is 0. The largest absolute Gasteiger partial charge is 0.444 e. The summed E-state index contributed by atoms with van der Waals surface area (Å²) in [6.07, 6.45) is 3.07. The Bertz CT molecular complexity index is 2010. The molecule has 0 aromatic heterocycles. The Morgan fingerprint density at radius 2 is 1.57 bits per heavy atom. The first-order valence-electron chi connectivity index (χ1n) is 20.3. The van der Waals surface area contributed by atoms with E-state index in [1.807, 2.05) is 42.5 Å². The highest BCUT2D eigenvalue weighted by molar-refractivity contribution is 5.98. The van der Waals surface area contributed by atoms with Crippen LogP contribution in [0, 0.1) is 11.7 Å². The van der Waals surface area contributed by atoms with Crippen LogP contribution < -0.4 is 21.0 Å². The number of hydroxylamine groups is 1. The second-order valence-electron chi connectivity index (χ2n) is 16.8. The van der Waals surface area contributed by atoms with Crippen molar-refractivity contribution in [2.75, 3.05) is 6.54 Å². The van der Waals surface area contributed by atoms with Gasteiger partial charge in [0.05, 0.1) is 13.1 Å². The maximum atomic E-state index is 14.5. The lowest BCUT2D eigenvalue weighted by molar-refractivity contribution is -0.142. The average Bonchev–Trinajstić information content (AvgIpc) is 3.47. The van der Waals surface area contributed by atoms with Crippen LogP contribution in [0.2, 0.25) is 0 Å². The smallest absolute Gasteiger partial charge is 0.410 e. The maximum Gasteiger partial charge on any atom is 0.410 e. The van der Waals surface area contributed by atoms with Gasteiger partial charge in [-0.15, -0.1) is 0 Å². The third kappa shape index (κ3) is 9.37. The van der Waals surface area contributed by atoms with Crippen molar-refractivity contribution in [1.29, 1.82) is 0 Å². The minimum atomic E-state index is -1.29. The molecule has 1 saturated carbocycles. The topological polar surface area (TPSA) is 156 Å². The quantitative estimate of drug-likeness (QED) is 0.238. The molecule has 1 aliphatic carbocycles. The third-order valence-corrected chi connectivity index (χ3v) is 11.4. The van der Waals surface area contributed by atoms with Crippen LogP contribution in [0.1, 0.15) is 89.7 Å². The highest BCUT2D eigenvalue weighted by atomic mass is 19.1. The molecule has 0 spiro atoms. The summed E-state index contributed by atoms with van der Waals surface area (Å²) in [6, 6.07) is 19.7. The summed E-state index contributed by atoms with van der Waals surface area (Å²) in [4.78, 5) is 77.8. The number of carbonyl (C=O) groups is 5. The summed E-state index contributed by atoms with van der Waals surface area (Å²) in [5, 5.41) is 5.73. The van der Waals surface area contributed by atoms with Crippen LogP contribution in [0.25, 0.3) is 11.1 Å². The molecule has 14 heteroatoms. The van der Waals surface area contributed by atoms with Crippen LogP contribution in [-0.4, -0.2) is 75.6 Å². The van der Waals surface area contributed by atoms with Gasteiger partial charge in [0.2, 0.25) is 11.8 Å². The molecular formula is C44H52FN5O8. The van der Waals surface area contributed by atoms with Crippen molar-refractivity contribution >= 4 is 29.9 Å². The Kier molecular flexibility index (Phi) is 11.9. The molecule has 3 fully saturated rings. The predicted octanol–water partition coefficient (Wildman–Crippen LogP) is 6.54. The Hall–Kier alpha value is -5.66. The van der Waals surface area contributed by atoms with Gasteiger partial charge in [0.25, 0.3) is 5.91 Å². The van der Waals surface area contributed by atoms with E-state index in [-0.39, 0.29) is 32.0 Å². The molecule has 5 amide bonds. The minimum Gasteiger partial charge on any atom is -0.444 e. The fourth-order valence-corrected chi connectivity index (χ4v) is 8.29. The number of fused-ring (bicyclic) bond motifs is 3. The molecule has 0 bridgehead atoms. The summed E-state index contributed by atoms with van der Waals surface area (Å²) < 4.78 is 25.9. The minimum absolute atomic E-state index is 0.0280. The van der Waals surface area contributed by atoms with Gasteiger partial charge < -0.3 is 29.8 Å². The zero-order valence-electron chi connectivity index (χ0n) is 33.3. The van der Waals surface area contributed by atoms with Gasteiger partial charge in [-0.2, -0.15) is 5.48 Å². The molecule has 3 aromatic rings. The summed E-state index contributed by atoms with van der Waals surface area (Å²) in [5.41, 5.74) is 3.59. The number of benzene rings is 3. The highest BCUT2D eigenvalue weighted by Crippen LogP contribution is 2.48. The maximum absolute atomic E-state index is 14.5. The van der Waals surface area contributed by atoms with Gasteiger partial charge in [0.15, 0.2) is 5.75 Å². The number of hydrogen-bond donors (Lipinski definition) is 3. The van der Waals surface area contributed by atoms with E-state index in [9.17, 15) is 28.4 Å². The first-order chi connectivity index (χ1) is 27.8. The van der Waals surface area contributed by atoms with Gasteiger partial charge in [0.1, 0.15) is 35.1 Å². The highest BCUT2D eigenvalue weighted by Gasteiger charge is 2.62. The monoisotopic (exact) mass is 797 g/mol. The van der Waals surface area contributed by atoms with E-state index in [2.05, 4.69) is 16.1 Å². The van der Waals surface area contributed by atoms with Crippen molar-refractivity contribution in [3.63, 3.8) is 0 Å². The van der Waals surface area contributed by atoms with Gasteiger partial charge in [-0.05, 0) is 80.8 Å². The van der Waals surface area contributed by atoms with Gasteiger partial charge in [0, 0.05) is 18.5 Å². The fourth-order valence-electron chi connectivity index (χ4n) is 8.29. The number of halogens is 1. The zero-order chi connectivity index (χ0) is 41.0. The predicted molar refractivity (Wildman–Crippen MR) is 211 cm³/mol. The lowest BCUT2D eigenvalue weighted by Gasteiger charge is -2.30. The molecule has 3 heterocycles. The summed E-state index contributed by atoms with van der Waals surface area (Å²) in [6.45, 7) is 5.23. The van der Waals surface area contributed by atoms with Crippen LogP contribution in [0.5, 0.6) is 5.75 Å². The van der Waals surface area contributed by atoms with Crippen LogP contribution in [0.15, 0.2) is 72.8 Å². The SMILES string of the molecule is CC(C)(C)OC(=O)N[C@H]1CCCCCCC[C@@H]2C[C@@]2(C(=O)NOc2ccc(-c3ccccc3)cc2)NC(=O)[C@@H]2C[C@@H](OC(=O)N3Cc4cccc(F)c4C3)CN2C1=O. The van der Waals surface area contributed by atoms with E-state index in [0.29, 0.717) is 42.6 Å². The summed E-state index contributed by atoms with van der Waals surface area (Å²) in [7, 11) is 0. The molecule has 308 valence electrons. The van der Waals surface area contributed by atoms with Crippen LogP contribution in [-0.2, 0) is 36.9 Å². The first kappa shape index (κ1) is 40.5. The van der Waals surface area contributed by atoms with Crippen LogP contribution >= 0.6 is 0 Å². The molecule has 0 unspecified atom stereocenters. The van der Waals surface area contributed by atoms with Crippen LogP contribution in [0.4, 0.5) is 14.0 Å². The van der Waals surface area contributed by atoms with Crippen molar-refractivity contribution in [2.45, 2.75) is 121 Å². The number of carbonyl (C=O) groups excluding carboxylic acids is 5. The number of alkyl carbamates (subject to hydrolysis) is 1. The van der Waals surface area contributed by atoms with Gasteiger partial charge in [-0.3, -0.25) is 19.3 Å². The van der Waals surface area contributed by atoms with Gasteiger partial charge >= 0.3 is 12.2 Å². The van der Waals surface area contributed by atoms with E-state index < -0.39 is 65.1 Å². The molecule has 13 nitrogen and oxygen atoms in total. The average molecular weight is 798 g/mol. The third-order valence-electron chi connectivity index (χ3n) is 11.4. The Labute approximate surface area is 337 Å². The normalized spacial score (nSPS) is 24.8. The number of nitrogens with one attached hydrogen (secondary N) is 3. The van der Waals surface area contributed by atoms with E-state index in [0.717, 1.165) is 36.8 Å². The molecule has 3 N–H and O–H groups in total. The van der Waals surface area contributed by atoms with Crippen molar-refractivity contribution in [3.05, 3.63) is 89.7 Å². The number of ether oxygens (including phenoxy) is 2. The van der Waals surface area contributed by atoms with Gasteiger partial charge in [-0.25, -0.2) is 14.0 Å². The molecule has 4 aliphatic rings. The second kappa shape index (κ2) is 17.1. The lowest BCUT2D eigenvalue weighted by atomic mass is 10.0. The van der Waals surface area contributed by atoms with Crippen molar-refractivity contribution in [1.82, 2.24) is 25.9 Å². The summed E-state index contributed by atoms with van der Waals surface area (Å²) in [5.74, 6) is -1.78. The lowest BCUT2D eigenvalue weighted by Crippen LogP contribution is -2.58. The number of amides is 5. The molecule has 58 heavy (non-hydrogen) atoms. The molecule has 5 atom stereocenters.